The van der Waals surface area contributed by atoms with Crippen LogP contribution in [0.2, 0.25) is 0 Å². The molecule has 0 bridgehead atoms. The number of rotatable bonds is 7. The molecular weight excluding hydrogens is 408 g/mol. The van der Waals surface area contributed by atoms with E-state index in [-0.39, 0.29) is 16.5 Å². The SMILES string of the molecule is CCC(C)N(C1CC(=O)N(c2ccc(C(C)C)cc2)C1=O)S(=O)(=O)c1cccs1. The van der Waals surface area contributed by atoms with Crippen molar-refractivity contribution in [3.05, 3.63) is 47.3 Å². The highest BCUT2D eigenvalue weighted by atomic mass is 32.2. The molecule has 1 aromatic heterocycles. The lowest BCUT2D eigenvalue weighted by Gasteiger charge is -2.31. The van der Waals surface area contributed by atoms with Crippen LogP contribution in [0.3, 0.4) is 0 Å². The Labute approximate surface area is 176 Å². The number of sulfonamides is 1. The zero-order chi connectivity index (χ0) is 21.3. The third kappa shape index (κ3) is 4.01. The minimum absolute atomic E-state index is 0.153. The standard InChI is InChI=1S/C21H26N2O4S2/c1-5-15(4)23(29(26,27)20-7-6-12-28-20)18-13-19(24)22(21(18)25)17-10-8-16(9-11-17)14(2)3/h6-12,14-15,18H,5,13H2,1-4H3. The first-order valence-corrected chi connectivity index (χ1v) is 12.0. The van der Waals surface area contributed by atoms with Crippen molar-refractivity contribution in [1.82, 2.24) is 4.31 Å². The van der Waals surface area contributed by atoms with E-state index in [4.69, 9.17) is 0 Å². The zero-order valence-electron chi connectivity index (χ0n) is 17.0. The molecule has 1 aromatic carbocycles. The molecule has 1 saturated heterocycles. The summed E-state index contributed by atoms with van der Waals surface area (Å²) in [6.45, 7) is 7.77. The average Bonchev–Trinajstić information content (AvgIpc) is 3.31. The van der Waals surface area contributed by atoms with Crippen molar-refractivity contribution < 1.29 is 18.0 Å². The molecule has 3 rings (SSSR count). The highest BCUT2D eigenvalue weighted by Gasteiger charge is 2.48. The molecule has 8 heteroatoms. The predicted octanol–water partition coefficient (Wildman–Crippen LogP) is 3.99. The van der Waals surface area contributed by atoms with Gasteiger partial charge in [-0.15, -0.1) is 11.3 Å². The third-order valence-corrected chi connectivity index (χ3v) is 8.70. The smallest absolute Gasteiger partial charge is 0.253 e. The topological polar surface area (TPSA) is 74.8 Å². The molecule has 0 aliphatic carbocycles. The van der Waals surface area contributed by atoms with Crippen molar-refractivity contribution >= 4 is 38.9 Å². The summed E-state index contributed by atoms with van der Waals surface area (Å²) in [5, 5.41) is 1.69. The molecule has 6 nitrogen and oxygen atoms in total. The van der Waals surface area contributed by atoms with Crippen molar-refractivity contribution in [1.29, 1.82) is 0 Å². The Bertz CT molecular complexity index is 982. The van der Waals surface area contributed by atoms with Crippen LogP contribution in [0.15, 0.2) is 46.0 Å². The molecule has 0 radical (unpaired) electrons. The van der Waals surface area contributed by atoms with E-state index < -0.39 is 28.0 Å². The maximum absolute atomic E-state index is 13.3. The number of hydrogen-bond donors (Lipinski definition) is 0. The van der Waals surface area contributed by atoms with E-state index in [9.17, 15) is 18.0 Å². The fraction of sp³-hybridized carbons (Fsp3) is 0.429. The molecule has 2 heterocycles. The number of anilines is 1. The number of thiophene rings is 1. The predicted molar refractivity (Wildman–Crippen MR) is 115 cm³/mol. The molecule has 0 spiro atoms. The van der Waals surface area contributed by atoms with Gasteiger partial charge in [0.1, 0.15) is 10.3 Å². The number of imide groups is 1. The molecule has 2 atom stereocenters. The molecule has 1 aliphatic rings. The highest BCUT2D eigenvalue weighted by molar-refractivity contribution is 7.91. The van der Waals surface area contributed by atoms with Gasteiger partial charge in [-0.05, 0) is 48.4 Å². The van der Waals surface area contributed by atoms with E-state index in [1.54, 1.807) is 30.5 Å². The van der Waals surface area contributed by atoms with Crippen LogP contribution in [0.1, 0.15) is 52.0 Å². The minimum atomic E-state index is -3.88. The normalized spacial score (nSPS) is 18.8. The maximum atomic E-state index is 13.3. The van der Waals surface area contributed by atoms with Crippen LogP contribution in [0.5, 0.6) is 0 Å². The number of benzene rings is 1. The summed E-state index contributed by atoms with van der Waals surface area (Å²) >= 11 is 1.11. The van der Waals surface area contributed by atoms with Gasteiger partial charge in [-0.1, -0.05) is 39.0 Å². The fourth-order valence-corrected chi connectivity index (χ4v) is 6.44. The molecule has 1 aliphatic heterocycles. The lowest BCUT2D eigenvalue weighted by molar-refractivity contribution is -0.122. The molecule has 156 valence electrons. The summed E-state index contributed by atoms with van der Waals surface area (Å²) in [5.74, 6) is -0.543. The van der Waals surface area contributed by atoms with Crippen LogP contribution < -0.4 is 4.90 Å². The van der Waals surface area contributed by atoms with Crippen molar-refractivity contribution in [2.75, 3.05) is 4.90 Å². The average molecular weight is 435 g/mol. The maximum Gasteiger partial charge on any atom is 0.253 e. The van der Waals surface area contributed by atoms with E-state index >= 15 is 0 Å². The van der Waals surface area contributed by atoms with Crippen LogP contribution in [-0.2, 0) is 19.6 Å². The van der Waals surface area contributed by atoms with Crippen molar-refractivity contribution in [3.8, 4) is 0 Å². The van der Waals surface area contributed by atoms with Crippen molar-refractivity contribution in [2.45, 2.75) is 62.7 Å². The van der Waals surface area contributed by atoms with Gasteiger partial charge >= 0.3 is 0 Å². The summed E-state index contributed by atoms with van der Waals surface area (Å²) in [6, 6.07) is 9.02. The first-order valence-electron chi connectivity index (χ1n) is 9.72. The molecule has 2 unspecified atom stereocenters. The Balaban J connectivity index is 1.97. The molecule has 1 fully saturated rings. The van der Waals surface area contributed by atoms with Crippen LogP contribution in [0, 0.1) is 0 Å². The summed E-state index contributed by atoms with van der Waals surface area (Å²) < 4.78 is 27.9. The number of carbonyl (C=O) groups is 2. The molecule has 0 N–H and O–H groups in total. The number of hydrogen-bond acceptors (Lipinski definition) is 5. The van der Waals surface area contributed by atoms with Gasteiger partial charge in [0, 0.05) is 6.04 Å². The Morgan fingerprint density at radius 1 is 1.14 bits per heavy atom. The van der Waals surface area contributed by atoms with Crippen LogP contribution >= 0.6 is 11.3 Å². The first-order chi connectivity index (χ1) is 13.7. The van der Waals surface area contributed by atoms with Gasteiger partial charge in [0.25, 0.3) is 15.9 Å². The van der Waals surface area contributed by atoms with E-state index in [0.29, 0.717) is 18.0 Å². The summed E-state index contributed by atoms with van der Waals surface area (Å²) in [4.78, 5) is 27.1. The van der Waals surface area contributed by atoms with E-state index in [1.807, 2.05) is 19.1 Å². The van der Waals surface area contributed by atoms with Gasteiger partial charge in [0.2, 0.25) is 5.91 Å². The number of nitrogens with zero attached hydrogens (tertiary/aromatic N) is 2. The van der Waals surface area contributed by atoms with E-state index in [1.165, 1.54) is 10.4 Å². The van der Waals surface area contributed by atoms with Gasteiger partial charge in [-0.3, -0.25) is 9.59 Å². The number of amides is 2. The fourth-order valence-electron chi connectivity index (χ4n) is 3.50. The quantitative estimate of drug-likeness (QED) is 0.618. The second kappa shape index (κ2) is 8.38. The van der Waals surface area contributed by atoms with Gasteiger partial charge in [0.15, 0.2) is 0 Å². The molecule has 29 heavy (non-hydrogen) atoms. The summed E-state index contributed by atoms with van der Waals surface area (Å²) in [5.41, 5.74) is 1.58. The van der Waals surface area contributed by atoms with Gasteiger partial charge < -0.3 is 0 Å². The van der Waals surface area contributed by atoms with Crippen molar-refractivity contribution in [2.24, 2.45) is 0 Å². The Kier molecular flexibility index (Phi) is 6.26. The van der Waals surface area contributed by atoms with Gasteiger partial charge in [-0.2, -0.15) is 4.31 Å². The zero-order valence-corrected chi connectivity index (χ0v) is 18.7. The van der Waals surface area contributed by atoms with Gasteiger partial charge in [-0.25, -0.2) is 13.3 Å². The number of carbonyl (C=O) groups excluding carboxylic acids is 2. The minimum Gasteiger partial charge on any atom is -0.274 e. The van der Waals surface area contributed by atoms with Gasteiger partial charge in [0.05, 0.1) is 12.1 Å². The van der Waals surface area contributed by atoms with Crippen molar-refractivity contribution in [3.63, 3.8) is 0 Å². The van der Waals surface area contributed by atoms with Crippen LogP contribution in [0.4, 0.5) is 5.69 Å². The molecule has 2 amide bonds. The Morgan fingerprint density at radius 3 is 2.31 bits per heavy atom. The van der Waals surface area contributed by atoms with E-state index in [0.717, 1.165) is 21.8 Å². The molecule has 0 saturated carbocycles. The molecule has 2 aromatic rings. The monoisotopic (exact) mass is 434 g/mol. The molecular formula is C21H26N2O4S2. The second-order valence-electron chi connectivity index (χ2n) is 7.56. The lowest BCUT2D eigenvalue weighted by atomic mass is 10.0. The van der Waals surface area contributed by atoms with E-state index in [2.05, 4.69) is 13.8 Å². The second-order valence-corrected chi connectivity index (χ2v) is 10.6. The first kappa shape index (κ1) is 21.7. The van der Waals surface area contributed by atoms with Crippen LogP contribution in [-0.4, -0.2) is 36.6 Å². The Morgan fingerprint density at radius 2 is 1.79 bits per heavy atom. The largest absolute Gasteiger partial charge is 0.274 e. The Hall–Kier alpha value is -2.03. The lowest BCUT2D eigenvalue weighted by Crippen LogP contribution is -2.49. The van der Waals surface area contributed by atoms with Crippen LogP contribution in [0.25, 0.3) is 0 Å². The summed E-state index contributed by atoms with van der Waals surface area (Å²) in [7, 11) is -3.88. The third-order valence-electron chi connectivity index (χ3n) is 5.30. The highest BCUT2D eigenvalue weighted by Crippen LogP contribution is 2.33. The summed E-state index contributed by atoms with van der Waals surface area (Å²) in [6.07, 6.45) is 0.380.